The van der Waals surface area contributed by atoms with Crippen molar-refractivity contribution < 1.29 is 14.3 Å². The van der Waals surface area contributed by atoms with Gasteiger partial charge in [0.2, 0.25) is 0 Å². The van der Waals surface area contributed by atoms with Crippen LogP contribution in [0.25, 0.3) is 0 Å². The molecule has 0 spiro atoms. The van der Waals surface area contributed by atoms with Crippen molar-refractivity contribution in [2.75, 3.05) is 37.7 Å². The molecule has 0 aliphatic carbocycles. The first-order valence-corrected chi connectivity index (χ1v) is 9.73. The molecule has 0 unspecified atom stereocenters. The fraction of sp³-hybridized carbons (Fsp3) is 0.238. The second kappa shape index (κ2) is 9.83. The van der Waals surface area contributed by atoms with Crippen molar-refractivity contribution in [1.29, 1.82) is 0 Å². The van der Waals surface area contributed by atoms with Gasteiger partial charge < -0.3 is 14.5 Å². The van der Waals surface area contributed by atoms with Crippen LogP contribution in [0.1, 0.15) is 0 Å². The van der Waals surface area contributed by atoms with Gasteiger partial charge in [-0.15, -0.1) is 0 Å². The van der Waals surface area contributed by atoms with Crippen LogP contribution < -0.4 is 4.90 Å². The molecule has 0 N–H and O–H groups in total. The molecule has 0 atom stereocenters. The monoisotopic (exact) mass is 382 g/mol. The van der Waals surface area contributed by atoms with Gasteiger partial charge in [-0.05, 0) is 29.7 Å². The van der Waals surface area contributed by atoms with Crippen LogP contribution in [0.15, 0.2) is 77.0 Å². The van der Waals surface area contributed by atoms with Crippen molar-refractivity contribution in [2.45, 2.75) is 4.90 Å². The van der Waals surface area contributed by atoms with E-state index >= 15 is 0 Å². The molecule has 0 radical (unpaired) electrons. The molecule has 2 aromatic rings. The molecule has 27 heavy (non-hydrogen) atoms. The molecule has 1 saturated heterocycles. The molecule has 2 aromatic carbocycles. The van der Waals surface area contributed by atoms with Crippen molar-refractivity contribution in [3.05, 3.63) is 72.1 Å². The van der Waals surface area contributed by atoms with E-state index in [1.165, 1.54) is 17.8 Å². The number of esters is 1. The lowest BCUT2D eigenvalue weighted by Crippen LogP contribution is -2.49. The zero-order chi connectivity index (χ0) is 18.9. The molecule has 1 aliphatic rings. The third-order valence-corrected chi connectivity index (χ3v) is 5.06. The Bertz CT molecular complexity index is 773. The Kier molecular flexibility index (Phi) is 6.93. The van der Waals surface area contributed by atoms with Gasteiger partial charge in [0.25, 0.3) is 5.91 Å². The van der Waals surface area contributed by atoms with Crippen LogP contribution in [-0.2, 0) is 14.3 Å². The molecule has 1 fully saturated rings. The van der Waals surface area contributed by atoms with E-state index in [2.05, 4.69) is 17.0 Å². The minimum Gasteiger partial charge on any atom is -0.452 e. The summed E-state index contributed by atoms with van der Waals surface area (Å²) in [5.41, 5.74) is 1.16. The van der Waals surface area contributed by atoms with Gasteiger partial charge in [0.05, 0.1) is 0 Å². The van der Waals surface area contributed by atoms with E-state index in [9.17, 15) is 9.59 Å². The zero-order valence-electron chi connectivity index (χ0n) is 15.0. The molecule has 0 bridgehead atoms. The smallest absolute Gasteiger partial charge is 0.331 e. The fourth-order valence-corrected chi connectivity index (χ4v) is 3.44. The maximum Gasteiger partial charge on any atom is 0.331 e. The van der Waals surface area contributed by atoms with Gasteiger partial charge >= 0.3 is 5.97 Å². The number of thioether (sulfide) groups is 1. The third kappa shape index (κ3) is 5.89. The van der Waals surface area contributed by atoms with Gasteiger partial charge in [0.1, 0.15) is 0 Å². The maximum absolute atomic E-state index is 12.2. The van der Waals surface area contributed by atoms with E-state index in [-0.39, 0.29) is 12.5 Å². The summed E-state index contributed by atoms with van der Waals surface area (Å²) in [7, 11) is 0. The number of hydrogen-bond acceptors (Lipinski definition) is 5. The van der Waals surface area contributed by atoms with Gasteiger partial charge in [0.15, 0.2) is 6.61 Å². The quantitative estimate of drug-likeness (QED) is 0.436. The van der Waals surface area contributed by atoms with Gasteiger partial charge in [-0.3, -0.25) is 4.79 Å². The molecule has 140 valence electrons. The summed E-state index contributed by atoms with van der Waals surface area (Å²) in [5.74, 6) is -0.658. The van der Waals surface area contributed by atoms with Gasteiger partial charge in [-0.2, -0.15) is 0 Å². The number of anilines is 1. The number of hydrogen-bond donors (Lipinski definition) is 0. The minimum absolute atomic E-state index is 0.153. The maximum atomic E-state index is 12.2. The van der Waals surface area contributed by atoms with Crippen LogP contribution >= 0.6 is 11.8 Å². The first-order valence-electron chi connectivity index (χ1n) is 8.85. The number of benzene rings is 2. The third-order valence-electron chi connectivity index (χ3n) is 4.24. The highest BCUT2D eigenvalue weighted by Crippen LogP contribution is 2.18. The standard InChI is InChI=1S/C21H22N2O3S/c24-20(17-26-21(25)11-16-27-19-9-5-2-6-10-19)23-14-12-22(13-15-23)18-7-3-1-4-8-18/h1-11,16H,12-15,17H2/b16-11+. The molecule has 6 heteroatoms. The van der Waals surface area contributed by atoms with Crippen LogP contribution in [0.5, 0.6) is 0 Å². The van der Waals surface area contributed by atoms with Crippen LogP contribution in [0.3, 0.4) is 0 Å². The highest BCUT2D eigenvalue weighted by atomic mass is 32.2. The van der Waals surface area contributed by atoms with E-state index in [1.807, 2.05) is 48.5 Å². The largest absolute Gasteiger partial charge is 0.452 e. The van der Waals surface area contributed by atoms with Crippen LogP contribution in [0, 0.1) is 0 Å². The van der Waals surface area contributed by atoms with E-state index in [0.29, 0.717) is 13.1 Å². The molecule has 3 rings (SSSR count). The lowest BCUT2D eigenvalue weighted by molar-refractivity contribution is -0.148. The highest BCUT2D eigenvalue weighted by molar-refractivity contribution is 8.02. The summed E-state index contributed by atoms with van der Waals surface area (Å²) in [5, 5.41) is 1.67. The van der Waals surface area contributed by atoms with E-state index < -0.39 is 5.97 Å². The Morgan fingerprint density at radius 3 is 2.22 bits per heavy atom. The number of ether oxygens (including phenoxy) is 1. The Hall–Kier alpha value is -2.73. The molecular weight excluding hydrogens is 360 g/mol. The normalized spacial score (nSPS) is 14.4. The first-order chi connectivity index (χ1) is 13.2. The van der Waals surface area contributed by atoms with Crippen LogP contribution in [0.4, 0.5) is 5.69 Å². The van der Waals surface area contributed by atoms with E-state index in [1.54, 1.807) is 10.3 Å². The number of para-hydroxylation sites is 1. The Morgan fingerprint density at radius 2 is 1.56 bits per heavy atom. The van der Waals surface area contributed by atoms with Crippen molar-refractivity contribution in [3.8, 4) is 0 Å². The average Bonchev–Trinajstić information content (AvgIpc) is 2.73. The number of piperazine rings is 1. The fourth-order valence-electron chi connectivity index (χ4n) is 2.79. The Labute approximate surface area is 163 Å². The number of carbonyl (C=O) groups excluding carboxylic acids is 2. The predicted octanol–water partition coefficient (Wildman–Crippen LogP) is 3.18. The molecule has 1 heterocycles. The predicted molar refractivity (Wildman–Crippen MR) is 108 cm³/mol. The van der Waals surface area contributed by atoms with Crippen molar-refractivity contribution in [2.24, 2.45) is 0 Å². The summed E-state index contributed by atoms with van der Waals surface area (Å²) in [4.78, 5) is 29.0. The Morgan fingerprint density at radius 1 is 0.926 bits per heavy atom. The minimum atomic E-state index is -0.505. The second-order valence-electron chi connectivity index (χ2n) is 6.04. The topological polar surface area (TPSA) is 49.9 Å². The van der Waals surface area contributed by atoms with E-state index in [0.717, 1.165) is 23.7 Å². The molecule has 1 aliphatic heterocycles. The van der Waals surface area contributed by atoms with Crippen molar-refractivity contribution in [1.82, 2.24) is 4.90 Å². The second-order valence-corrected chi connectivity index (χ2v) is 7.02. The van der Waals surface area contributed by atoms with Crippen molar-refractivity contribution >= 4 is 29.3 Å². The van der Waals surface area contributed by atoms with Gasteiger partial charge in [-0.25, -0.2) is 4.79 Å². The summed E-state index contributed by atoms with van der Waals surface area (Å²) in [6.07, 6.45) is 1.35. The molecule has 5 nitrogen and oxygen atoms in total. The SMILES string of the molecule is O=C(/C=C/Sc1ccccc1)OCC(=O)N1CCN(c2ccccc2)CC1. The van der Waals surface area contributed by atoms with Crippen LogP contribution in [-0.4, -0.2) is 49.6 Å². The van der Waals surface area contributed by atoms with Crippen molar-refractivity contribution in [3.63, 3.8) is 0 Å². The lowest BCUT2D eigenvalue weighted by Gasteiger charge is -2.36. The number of nitrogens with zero attached hydrogens (tertiary/aromatic N) is 2. The molecular formula is C21H22N2O3S. The van der Waals surface area contributed by atoms with Crippen LogP contribution in [0.2, 0.25) is 0 Å². The molecule has 0 saturated carbocycles. The zero-order valence-corrected chi connectivity index (χ0v) is 15.8. The number of carbonyl (C=O) groups is 2. The van der Waals surface area contributed by atoms with E-state index in [4.69, 9.17) is 4.74 Å². The summed E-state index contributed by atoms with van der Waals surface area (Å²) in [6, 6.07) is 19.9. The molecule has 1 amide bonds. The summed E-state index contributed by atoms with van der Waals surface area (Å²) in [6.45, 7) is 2.59. The highest BCUT2D eigenvalue weighted by Gasteiger charge is 2.21. The van der Waals surface area contributed by atoms with Gasteiger partial charge in [-0.1, -0.05) is 48.2 Å². The average molecular weight is 382 g/mol. The summed E-state index contributed by atoms with van der Waals surface area (Å²) >= 11 is 1.43. The first kappa shape index (κ1) is 19.0. The van der Waals surface area contributed by atoms with Gasteiger partial charge in [0, 0.05) is 42.8 Å². The summed E-state index contributed by atoms with van der Waals surface area (Å²) < 4.78 is 5.06. The Balaban J connectivity index is 1.37. The number of amides is 1. The number of rotatable bonds is 6. The lowest BCUT2D eigenvalue weighted by atomic mass is 10.2. The molecule has 0 aromatic heterocycles.